The average Bonchev–Trinajstić information content (AvgIpc) is 3.08. The van der Waals surface area contributed by atoms with Crippen LogP contribution in [-0.4, -0.2) is 71.8 Å². The van der Waals surface area contributed by atoms with Gasteiger partial charge in [-0.2, -0.15) is 4.98 Å². The first kappa shape index (κ1) is 31.3. The topological polar surface area (TPSA) is 199 Å². The highest BCUT2D eigenvalue weighted by Crippen LogP contribution is 2.41. The van der Waals surface area contributed by atoms with Crippen molar-refractivity contribution >= 4 is 27.8 Å². The molecule has 2 aromatic carbocycles. The van der Waals surface area contributed by atoms with Crippen LogP contribution in [0.25, 0.3) is 11.6 Å². The van der Waals surface area contributed by atoms with Gasteiger partial charge >= 0.3 is 6.09 Å². The van der Waals surface area contributed by atoms with Gasteiger partial charge in [-0.05, 0) is 42.5 Å². The fourth-order valence-electron chi connectivity index (χ4n) is 3.73. The molecule has 0 aliphatic rings. The number of rotatable bonds is 13. The van der Waals surface area contributed by atoms with Gasteiger partial charge in [0, 0.05) is 24.8 Å². The summed E-state index contributed by atoms with van der Waals surface area (Å²) in [5, 5.41) is 2.43. The van der Waals surface area contributed by atoms with Crippen LogP contribution in [0, 0.1) is 0 Å². The molecular formula is C29H26N8O8S. The second-order valence-corrected chi connectivity index (χ2v) is 10.5. The van der Waals surface area contributed by atoms with E-state index in [0.29, 0.717) is 11.5 Å². The lowest BCUT2D eigenvalue weighted by atomic mass is 10.3. The van der Waals surface area contributed by atoms with Gasteiger partial charge in [0.2, 0.25) is 11.6 Å². The smallest absolute Gasteiger partial charge is 0.412 e. The van der Waals surface area contributed by atoms with Gasteiger partial charge in [-0.15, -0.1) is 0 Å². The first-order valence-corrected chi connectivity index (χ1v) is 14.8. The predicted molar refractivity (Wildman–Crippen MR) is 162 cm³/mol. The van der Waals surface area contributed by atoms with Gasteiger partial charge in [-0.25, -0.2) is 33.1 Å². The minimum Gasteiger partial charge on any atom is -0.497 e. The fourth-order valence-corrected chi connectivity index (χ4v) is 4.74. The average molecular weight is 647 g/mol. The summed E-state index contributed by atoms with van der Waals surface area (Å²) in [4.78, 5) is 37.1. The van der Waals surface area contributed by atoms with E-state index in [1.165, 1.54) is 69.5 Å². The second-order valence-electron chi connectivity index (χ2n) is 8.84. The lowest BCUT2D eigenvalue weighted by Gasteiger charge is -2.18. The summed E-state index contributed by atoms with van der Waals surface area (Å²) >= 11 is 0. The number of nitrogens with zero attached hydrogens (tertiary/aromatic N) is 6. The SMILES string of the molecule is COc1ccc(S(=O)(=O)Nc2nc(-c3ncccn3)nc(OCCOC(=O)Nc3cnccn3)c2Oc2ccccc2OC)cc1. The zero-order chi connectivity index (χ0) is 32.4. The molecule has 0 aliphatic heterocycles. The van der Waals surface area contributed by atoms with Crippen LogP contribution in [0.15, 0.2) is 90.5 Å². The third-order valence-electron chi connectivity index (χ3n) is 5.83. The van der Waals surface area contributed by atoms with Crippen molar-refractivity contribution < 1.29 is 36.9 Å². The van der Waals surface area contributed by atoms with Crippen LogP contribution in [0.4, 0.5) is 16.4 Å². The third kappa shape index (κ3) is 7.88. The Balaban J connectivity index is 1.50. The number of benzene rings is 2. The van der Waals surface area contributed by atoms with E-state index in [1.807, 2.05) is 0 Å². The van der Waals surface area contributed by atoms with Crippen LogP contribution in [0.3, 0.4) is 0 Å². The van der Waals surface area contributed by atoms with E-state index in [0.717, 1.165) is 0 Å². The van der Waals surface area contributed by atoms with E-state index in [1.54, 1.807) is 30.3 Å². The number of aromatic nitrogens is 6. The van der Waals surface area contributed by atoms with E-state index in [9.17, 15) is 13.2 Å². The highest BCUT2D eigenvalue weighted by atomic mass is 32.2. The molecule has 0 radical (unpaired) electrons. The molecule has 0 saturated heterocycles. The number of para-hydroxylation sites is 2. The number of nitrogens with one attached hydrogen (secondary N) is 2. The Hall–Kier alpha value is -6.10. The van der Waals surface area contributed by atoms with Crippen LogP contribution in [0.1, 0.15) is 0 Å². The van der Waals surface area contributed by atoms with Crippen molar-refractivity contribution in [3.8, 4) is 40.5 Å². The number of hydrogen-bond donors (Lipinski definition) is 2. The van der Waals surface area contributed by atoms with Gasteiger partial charge in [-0.1, -0.05) is 12.1 Å². The number of amides is 1. The largest absolute Gasteiger partial charge is 0.497 e. The minimum atomic E-state index is -4.24. The summed E-state index contributed by atoms with van der Waals surface area (Å²) in [5.41, 5.74) is 0. The van der Waals surface area contributed by atoms with E-state index in [4.69, 9.17) is 23.7 Å². The number of hydrogen-bond acceptors (Lipinski definition) is 14. The Morgan fingerprint density at radius 1 is 0.804 bits per heavy atom. The molecule has 2 N–H and O–H groups in total. The second kappa shape index (κ2) is 14.6. The zero-order valence-corrected chi connectivity index (χ0v) is 25.2. The molecule has 3 heterocycles. The van der Waals surface area contributed by atoms with Crippen molar-refractivity contribution in [3.63, 3.8) is 0 Å². The van der Waals surface area contributed by atoms with Gasteiger partial charge in [0.05, 0.1) is 25.3 Å². The van der Waals surface area contributed by atoms with Crippen molar-refractivity contribution in [2.24, 2.45) is 0 Å². The predicted octanol–water partition coefficient (Wildman–Crippen LogP) is 3.96. The maximum atomic E-state index is 13.5. The molecule has 17 heteroatoms. The molecule has 0 unspecified atom stereocenters. The van der Waals surface area contributed by atoms with E-state index in [2.05, 4.69) is 39.9 Å². The standard InChI is InChI=1S/C29H26N8O8S/c1-41-19-8-10-20(11-9-19)46(39,40)37-25-24(45-22-7-4-3-6-21(22)42-2)28(36-27(35-25)26-32-12-5-13-33-26)43-16-17-44-29(38)34-23-18-30-14-15-31-23/h3-15,18H,16-17H2,1-2H3,(H,31,34,38)(H,35,36,37). The number of ether oxygens (including phenoxy) is 5. The molecule has 5 aromatic rings. The van der Waals surface area contributed by atoms with Crippen molar-refractivity contribution in [3.05, 3.63) is 85.6 Å². The lowest BCUT2D eigenvalue weighted by Crippen LogP contribution is -2.19. The van der Waals surface area contributed by atoms with Gasteiger partial charge in [0.1, 0.15) is 19.0 Å². The Morgan fingerprint density at radius 3 is 2.26 bits per heavy atom. The zero-order valence-electron chi connectivity index (χ0n) is 24.4. The molecule has 0 atom stereocenters. The van der Waals surface area contributed by atoms with Gasteiger partial charge in [0.15, 0.2) is 29.0 Å². The summed E-state index contributed by atoms with van der Waals surface area (Å²) in [5.74, 6) is 0.446. The normalized spacial score (nSPS) is 10.8. The molecule has 3 aromatic heterocycles. The quantitative estimate of drug-likeness (QED) is 0.174. The Labute approximate surface area is 262 Å². The molecule has 236 valence electrons. The maximum Gasteiger partial charge on any atom is 0.412 e. The number of anilines is 2. The Kier molecular flexibility index (Phi) is 9.93. The fraction of sp³-hybridized carbons (Fsp3) is 0.138. The first-order chi connectivity index (χ1) is 22.4. The molecule has 0 saturated carbocycles. The van der Waals surface area contributed by atoms with Gasteiger partial charge < -0.3 is 23.7 Å². The van der Waals surface area contributed by atoms with E-state index in [-0.39, 0.29) is 58.8 Å². The summed E-state index contributed by atoms with van der Waals surface area (Å²) < 4.78 is 57.3. The number of methoxy groups -OCH3 is 2. The van der Waals surface area contributed by atoms with Crippen LogP contribution in [0.5, 0.6) is 28.9 Å². The monoisotopic (exact) mass is 646 g/mol. The summed E-state index contributed by atoms with van der Waals surface area (Å²) in [6, 6.07) is 14.0. The number of sulfonamides is 1. The molecule has 5 rings (SSSR count). The third-order valence-corrected chi connectivity index (χ3v) is 7.19. The molecule has 16 nitrogen and oxygen atoms in total. The van der Waals surface area contributed by atoms with Crippen LogP contribution in [-0.2, 0) is 14.8 Å². The van der Waals surface area contributed by atoms with Gasteiger partial charge in [-0.3, -0.25) is 15.0 Å². The van der Waals surface area contributed by atoms with Crippen molar-refractivity contribution in [1.29, 1.82) is 0 Å². The molecule has 46 heavy (non-hydrogen) atoms. The summed E-state index contributed by atoms with van der Waals surface area (Å²) in [6.45, 7) is -0.471. The summed E-state index contributed by atoms with van der Waals surface area (Å²) in [7, 11) is -1.33. The number of carbonyl (C=O) groups is 1. The van der Waals surface area contributed by atoms with Crippen molar-refractivity contribution in [2.75, 3.05) is 37.5 Å². The lowest BCUT2D eigenvalue weighted by molar-refractivity contribution is 0.135. The maximum absolute atomic E-state index is 13.5. The van der Waals surface area contributed by atoms with Crippen molar-refractivity contribution in [2.45, 2.75) is 4.90 Å². The van der Waals surface area contributed by atoms with Crippen molar-refractivity contribution in [1.82, 2.24) is 29.9 Å². The molecule has 0 aliphatic carbocycles. The minimum absolute atomic E-state index is 0.0701. The van der Waals surface area contributed by atoms with Crippen LogP contribution in [0.2, 0.25) is 0 Å². The molecule has 0 bridgehead atoms. The Bertz CT molecular complexity index is 1880. The highest BCUT2D eigenvalue weighted by molar-refractivity contribution is 7.92. The number of carbonyl (C=O) groups excluding carboxylic acids is 1. The van der Waals surface area contributed by atoms with Gasteiger partial charge in [0.25, 0.3) is 15.9 Å². The molecular weight excluding hydrogens is 620 g/mol. The Morgan fingerprint density at radius 2 is 1.57 bits per heavy atom. The van der Waals surface area contributed by atoms with E-state index >= 15 is 0 Å². The molecule has 0 spiro atoms. The van der Waals surface area contributed by atoms with Crippen LogP contribution < -0.4 is 29.0 Å². The summed E-state index contributed by atoms with van der Waals surface area (Å²) in [6.07, 6.45) is 6.35. The van der Waals surface area contributed by atoms with E-state index < -0.39 is 16.1 Å². The van der Waals surface area contributed by atoms with Crippen LogP contribution >= 0.6 is 0 Å². The molecule has 1 amide bonds. The molecule has 0 fully saturated rings. The first-order valence-electron chi connectivity index (χ1n) is 13.4. The highest BCUT2D eigenvalue weighted by Gasteiger charge is 2.26.